The molecule has 1 aliphatic rings. The summed E-state index contributed by atoms with van der Waals surface area (Å²) in [5.74, 6) is 0.954. The number of hydrogen-bond acceptors (Lipinski definition) is 3. The third-order valence-corrected chi connectivity index (χ3v) is 4.08. The molecule has 0 saturated heterocycles. The first-order chi connectivity index (χ1) is 10.2. The number of ether oxygens (including phenoxy) is 1. The number of rotatable bonds is 5. The molecule has 1 heterocycles. The lowest BCUT2D eigenvalue weighted by atomic mass is 9.96. The van der Waals surface area contributed by atoms with Crippen LogP contribution in [0.3, 0.4) is 0 Å². The van der Waals surface area contributed by atoms with Gasteiger partial charge in [0.25, 0.3) is 0 Å². The minimum absolute atomic E-state index is 0.212. The second kappa shape index (κ2) is 6.31. The Morgan fingerprint density at radius 1 is 1.38 bits per heavy atom. The fourth-order valence-corrected chi connectivity index (χ4v) is 2.85. The highest BCUT2D eigenvalue weighted by atomic mass is 16.5. The summed E-state index contributed by atoms with van der Waals surface area (Å²) in [6.07, 6.45) is 5.18. The van der Waals surface area contributed by atoms with Gasteiger partial charge in [-0.15, -0.1) is 0 Å². The van der Waals surface area contributed by atoms with Crippen molar-refractivity contribution in [2.75, 3.05) is 6.61 Å². The molecule has 21 heavy (non-hydrogen) atoms. The van der Waals surface area contributed by atoms with Crippen LogP contribution < -0.4 is 4.74 Å². The standard InChI is InChI=1S/C17H22N2O2/c1-13-5-2-3-6-17(13)21-10-4-9-19-16-11-15(20)8-7-14(16)12-18-19/h2-3,5-6,12,15,20H,4,7-11H2,1H3/t15-/m0/s1. The summed E-state index contributed by atoms with van der Waals surface area (Å²) in [7, 11) is 0. The Balaban J connectivity index is 1.52. The maximum Gasteiger partial charge on any atom is 0.122 e. The van der Waals surface area contributed by atoms with E-state index < -0.39 is 0 Å². The van der Waals surface area contributed by atoms with Crippen LogP contribution in [0, 0.1) is 6.92 Å². The van der Waals surface area contributed by atoms with Gasteiger partial charge in [-0.3, -0.25) is 4.68 Å². The summed E-state index contributed by atoms with van der Waals surface area (Å²) in [6, 6.07) is 8.07. The van der Waals surface area contributed by atoms with Crippen molar-refractivity contribution in [2.45, 2.75) is 45.3 Å². The number of hydrogen-bond donors (Lipinski definition) is 1. The molecule has 2 aromatic rings. The van der Waals surface area contributed by atoms with Crippen LogP contribution in [0.25, 0.3) is 0 Å². The van der Waals surface area contributed by atoms with Crippen LogP contribution in [-0.4, -0.2) is 27.6 Å². The first kappa shape index (κ1) is 14.1. The van der Waals surface area contributed by atoms with Gasteiger partial charge in [0.1, 0.15) is 5.75 Å². The fraction of sp³-hybridized carbons (Fsp3) is 0.471. The van der Waals surface area contributed by atoms with Crippen LogP contribution in [-0.2, 0) is 19.4 Å². The van der Waals surface area contributed by atoms with Crippen molar-refractivity contribution < 1.29 is 9.84 Å². The maximum atomic E-state index is 9.78. The third-order valence-electron chi connectivity index (χ3n) is 4.08. The zero-order valence-corrected chi connectivity index (χ0v) is 12.5. The lowest BCUT2D eigenvalue weighted by molar-refractivity contribution is 0.155. The molecule has 0 unspecified atom stereocenters. The Kier molecular flexibility index (Phi) is 4.25. The van der Waals surface area contributed by atoms with Crippen LogP contribution >= 0.6 is 0 Å². The highest BCUT2D eigenvalue weighted by Crippen LogP contribution is 2.21. The summed E-state index contributed by atoms with van der Waals surface area (Å²) < 4.78 is 7.84. The van der Waals surface area contributed by atoms with Gasteiger partial charge >= 0.3 is 0 Å². The summed E-state index contributed by atoms with van der Waals surface area (Å²) in [5.41, 5.74) is 3.65. The van der Waals surface area contributed by atoms with Crippen molar-refractivity contribution in [2.24, 2.45) is 0 Å². The lowest BCUT2D eigenvalue weighted by Crippen LogP contribution is -2.21. The van der Waals surface area contributed by atoms with Gasteiger partial charge in [-0.1, -0.05) is 18.2 Å². The first-order valence-electron chi connectivity index (χ1n) is 7.64. The van der Waals surface area contributed by atoms with E-state index in [1.54, 1.807) is 0 Å². The molecule has 1 atom stereocenters. The van der Waals surface area contributed by atoms with E-state index in [9.17, 15) is 5.11 Å². The molecule has 0 aliphatic heterocycles. The van der Waals surface area contributed by atoms with Gasteiger partial charge in [0.15, 0.2) is 0 Å². The monoisotopic (exact) mass is 286 g/mol. The minimum Gasteiger partial charge on any atom is -0.493 e. The Morgan fingerprint density at radius 2 is 2.24 bits per heavy atom. The molecule has 4 nitrogen and oxygen atoms in total. The number of aliphatic hydroxyl groups excluding tert-OH is 1. The Morgan fingerprint density at radius 3 is 3.10 bits per heavy atom. The molecule has 4 heteroatoms. The molecule has 0 spiro atoms. The van der Waals surface area contributed by atoms with Crippen molar-refractivity contribution in [1.82, 2.24) is 9.78 Å². The van der Waals surface area contributed by atoms with Gasteiger partial charge in [-0.25, -0.2) is 0 Å². The van der Waals surface area contributed by atoms with Gasteiger partial charge in [-0.2, -0.15) is 5.10 Å². The quantitative estimate of drug-likeness (QED) is 0.859. The van der Waals surface area contributed by atoms with Crippen molar-refractivity contribution in [3.8, 4) is 5.75 Å². The van der Waals surface area contributed by atoms with E-state index in [4.69, 9.17) is 4.74 Å². The predicted octanol–water partition coefficient (Wildman–Crippen LogP) is 2.51. The van der Waals surface area contributed by atoms with Crippen molar-refractivity contribution >= 4 is 0 Å². The number of nitrogens with zero attached hydrogens (tertiary/aromatic N) is 2. The van der Waals surface area contributed by atoms with Gasteiger partial charge in [0, 0.05) is 25.1 Å². The largest absolute Gasteiger partial charge is 0.493 e. The molecule has 0 bridgehead atoms. The average Bonchev–Trinajstić information content (AvgIpc) is 2.88. The Labute approximate surface area is 125 Å². The molecule has 1 aromatic carbocycles. The van der Waals surface area contributed by atoms with Crippen LogP contribution in [0.5, 0.6) is 5.75 Å². The van der Waals surface area contributed by atoms with E-state index in [0.29, 0.717) is 6.61 Å². The van der Waals surface area contributed by atoms with Gasteiger partial charge in [0.05, 0.1) is 18.9 Å². The van der Waals surface area contributed by atoms with E-state index in [2.05, 4.69) is 18.1 Å². The Hall–Kier alpha value is -1.81. The van der Waals surface area contributed by atoms with Gasteiger partial charge < -0.3 is 9.84 Å². The highest BCUT2D eigenvalue weighted by Gasteiger charge is 2.20. The van der Waals surface area contributed by atoms with Crippen LogP contribution in [0.1, 0.15) is 29.7 Å². The van der Waals surface area contributed by atoms with E-state index in [1.165, 1.54) is 11.3 Å². The number of benzene rings is 1. The number of para-hydroxylation sites is 1. The molecule has 0 fully saturated rings. The molecule has 0 amide bonds. The van der Waals surface area contributed by atoms with E-state index in [1.807, 2.05) is 29.1 Å². The molecule has 1 N–H and O–H groups in total. The van der Waals surface area contributed by atoms with E-state index in [-0.39, 0.29) is 6.10 Å². The first-order valence-corrected chi connectivity index (χ1v) is 7.64. The fourth-order valence-electron chi connectivity index (χ4n) is 2.85. The summed E-state index contributed by atoms with van der Waals surface area (Å²) >= 11 is 0. The summed E-state index contributed by atoms with van der Waals surface area (Å²) in [4.78, 5) is 0. The topological polar surface area (TPSA) is 47.3 Å². The van der Waals surface area contributed by atoms with Crippen LogP contribution in [0.15, 0.2) is 30.5 Å². The molecular formula is C17H22N2O2. The van der Waals surface area contributed by atoms with Gasteiger partial charge in [0.2, 0.25) is 0 Å². The molecule has 1 aliphatic carbocycles. The number of fused-ring (bicyclic) bond motifs is 1. The molecule has 0 saturated carbocycles. The number of aryl methyl sites for hydroxylation is 3. The second-order valence-corrected chi connectivity index (χ2v) is 5.70. The maximum absolute atomic E-state index is 9.78. The second-order valence-electron chi connectivity index (χ2n) is 5.70. The zero-order valence-electron chi connectivity index (χ0n) is 12.5. The van der Waals surface area contributed by atoms with Gasteiger partial charge in [-0.05, 0) is 37.0 Å². The SMILES string of the molecule is Cc1ccccc1OCCCn1ncc2c1C[C@@H](O)CC2. The van der Waals surface area contributed by atoms with Crippen molar-refractivity contribution in [3.63, 3.8) is 0 Å². The Bertz CT molecular complexity index is 607. The predicted molar refractivity (Wildman–Crippen MR) is 81.5 cm³/mol. The molecule has 1 aromatic heterocycles. The summed E-state index contributed by atoms with van der Waals surface area (Å²) in [5, 5.41) is 14.2. The van der Waals surface area contributed by atoms with Crippen molar-refractivity contribution in [1.29, 1.82) is 0 Å². The minimum atomic E-state index is -0.212. The van der Waals surface area contributed by atoms with E-state index in [0.717, 1.165) is 43.5 Å². The number of aliphatic hydroxyl groups is 1. The smallest absolute Gasteiger partial charge is 0.122 e. The lowest BCUT2D eigenvalue weighted by Gasteiger charge is -2.19. The third kappa shape index (κ3) is 3.27. The van der Waals surface area contributed by atoms with Crippen LogP contribution in [0.4, 0.5) is 0 Å². The molecule has 112 valence electrons. The number of aromatic nitrogens is 2. The zero-order chi connectivity index (χ0) is 14.7. The average molecular weight is 286 g/mol. The van der Waals surface area contributed by atoms with Crippen LogP contribution in [0.2, 0.25) is 0 Å². The molecule has 0 radical (unpaired) electrons. The van der Waals surface area contributed by atoms with E-state index >= 15 is 0 Å². The van der Waals surface area contributed by atoms with Crippen molar-refractivity contribution in [3.05, 3.63) is 47.3 Å². The molecule has 3 rings (SSSR count). The molecular weight excluding hydrogens is 264 g/mol. The summed E-state index contributed by atoms with van der Waals surface area (Å²) in [6.45, 7) is 3.58. The highest BCUT2D eigenvalue weighted by molar-refractivity contribution is 5.31. The normalized spacial score (nSPS) is 17.5.